The summed E-state index contributed by atoms with van der Waals surface area (Å²) < 4.78 is 4.80. The molecule has 0 aliphatic rings. The van der Waals surface area contributed by atoms with Gasteiger partial charge in [0.05, 0.1) is 6.61 Å². The predicted molar refractivity (Wildman–Crippen MR) is 51.3 cm³/mol. The minimum atomic E-state index is -1.44. The van der Waals surface area contributed by atoms with E-state index in [1.165, 1.54) is 5.01 Å². The van der Waals surface area contributed by atoms with Crippen molar-refractivity contribution >= 4 is 14.3 Å². The van der Waals surface area contributed by atoms with E-state index in [4.69, 9.17) is 4.74 Å². The zero-order chi connectivity index (χ0) is 9.78. The fourth-order valence-corrected chi connectivity index (χ4v) is 1.87. The lowest BCUT2D eigenvalue weighted by molar-refractivity contribution is 0.108. The van der Waals surface area contributed by atoms with Crippen LogP contribution in [0.25, 0.3) is 0 Å². The van der Waals surface area contributed by atoms with Gasteiger partial charge in [0, 0.05) is 7.05 Å². The van der Waals surface area contributed by atoms with Gasteiger partial charge in [0.25, 0.3) is 0 Å². The molecule has 0 aromatic carbocycles. The predicted octanol–water partition coefficient (Wildman–Crippen LogP) is 1.41. The van der Waals surface area contributed by atoms with Gasteiger partial charge in [-0.15, -0.1) is 0 Å². The molecule has 5 heteroatoms. The molecule has 0 heterocycles. The molecule has 0 aliphatic carbocycles. The van der Waals surface area contributed by atoms with Crippen molar-refractivity contribution in [1.29, 1.82) is 0 Å². The van der Waals surface area contributed by atoms with E-state index in [1.54, 1.807) is 14.0 Å². The van der Waals surface area contributed by atoms with Crippen LogP contribution >= 0.6 is 0 Å². The summed E-state index contributed by atoms with van der Waals surface area (Å²) in [6, 6.07) is 0. The molecule has 72 valence electrons. The van der Waals surface area contributed by atoms with Gasteiger partial charge in [0.15, 0.2) is 0 Å². The number of carbonyl (C=O) groups is 1. The van der Waals surface area contributed by atoms with E-state index < -0.39 is 8.24 Å². The first kappa shape index (κ1) is 11.4. The molecule has 0 spiro atoms. The van der Waals surface area contributed by atoms with Gasteiger partial charge in [-0.25, -0.2) is 4.79 Å². The SMILES string of the molecule is CCOC(=O)N(C)N[Si](C)(C)C. The fraction of sp³-hybridized carbons (Fsp3) is 0.857. The minimum Gasteiger partial charge on any atom is -0.449 e. The number of nitrogens with one attached hydrogen (secondary N) is 1. The monoisotopic (exact) mass is 190 g/mol. The maximum absolute atomic E-state index is 11.1. The molecule has 0 radical (unpaired) electrons. The van der Waals surface area contributed by atoms with Crippen molar-refractivity contribution in [2.45, 2.75) is 26.6 Å². The molecular weight excluding hydrogens is 172 g/mol. The van der Waals surface area contributed by atoms with Crippen LogP contribution in [0.15, 0.2) is 0 Å². The second-order valence-electron chi connectivity index (χ2n) is 3.62. The van der Waals surface area contributed by atoms with E-state index in [9.17, 15) is 4.79 Å². The third-order valence-electron chi connectivity index (χ3n) is 1.04. The Hall–Kier alpha value is -0.553. The normalized spacial score (nSPS) is 11.1. The van der Waals surface area contributed by atoms with E-state index in [0.29, 0.717) is 6.61 Å². The first-order valence-corrected chi connectivity index (χ1v) is 7.55. The van der Waals surface area contributed by atoms with Crippen molar-refractivity contribution in [2.75, 3.05) is 13.7 Å². The van der Waals surface area contributed by atoms with E-state index in [-0.39, 0.29) is 6.09 Å². The molecule has 4 nitrogen and oxygen atoms in total. The minimum absolute atomic E-state index is 0.320. The number of hydrogen-bond donors (Lipinski definition) is 1. The van der Waals surface area contributed by atoms with Crippen LogP contribution in [0.3, 0.4) is 0 Å². The van der Waals surface area contributed by atoms with Gasteiger partial charge in [-0.05, 0) is 6.92 Å². The highest BCUT2D eigenvalue weighted by Crippen LogP contribution is 1.96. The van der Waals surface area contributed by atoms with Crippen molar-refractivity contribution in [3.05, 3.63) is 0 Å². The summed E-state index contributed by atoms with van der Waals surface area (Å²) in [5, 5.41) is 4.51. The highest BCUT2D eigenvalue weighted by Gasteiger charge is 2.18. The quantitative estimate of drug-likeness (QED) is 0.540. The fourth-order valence-electron chi connectivity index (χ4n) is 0.769. The molecule has 0 atom stereocenters. The average Bonchev–Trinajstić information content (AvgIpc) is 1.84. The Bertz CT molecular complexity index is 156. The molecule has 1 N–H and O–H groups in total. The number of hydrogen-bond acceptors (Lipinski definition) is 3. The second-order valence-corrected chi connectivity index (χ2v) is 8.34. The Morgan fingerprint density at radius 3 is 2.33 bits per heavy atom. The highest BCUT2D eigenvalue weighted by atomic mass is 28.3. The van der Waals surface area contributed by atoms with Crippen LogP contribution in [0.5, 0.6) is 0 Å². The zero-order valence-electron chi connectivity index (χ0n) is 8.47. The number of hydrazine groups is 1. The second kappa shape index (κ2) is 4.47. The number of amides is 1. The van der Waals surface area contributed by atoms with E-state index in [1.807, 2.05) is 0 Å². The number of nitrogens with zero attached hydrogens (tertiary/aromatic N) is 1. The van der Waals surface area contributed by atoms with Gasteiger partial charge in [0.1, 0.15) is 8.24 Å². The van der Waals surface area contributed by atoms with Crippen LogP contribution < -0.4 is 5.09 Å². The summed E-state index contributed by atoms with van der Waals surface area (Å²) in [7, 11) is 0.240. The molecule has 12 heavy (non-hydrogen) atoms. The third kappa shape index (κ3) is 5.14. The van der Waals surface area contributed by atoms with E-state index in [0.717, 1.165) is 0 Å². The summed E-state index contributed by atoms with van der Waals surface area (Å²) in [6.07, 6.45) is -0.320. The summed E-state index contributed by atoms with van der Waals surface area (Å²) >= 11 is 0. The maximum Gasteiger partial charge on any atom is 0.423 e. The smallest absolute Gasteiger partial charge is 0.423 e. The molecule has 0 fully saturated rings. The summed E-state index contributed by atoms with van der Waals surface area (Å²) in [5.74, 6) is 0. The van der Waals surface area contributed by atoms with Crippen LogP contribution in [-0.4, -0.2) is 33.0 Å². The van der Waals surface area contributed by atoms with Gasteiger partial charge < -0.3 is 4.74 Å². The number of carbonyl (C=O) groups excluding carboxylic acids is 1. The maximum atomic E-state index is 11.1. The van der Waals surface area contributed by atoms with Gasteiger partial charge in [-0.1, -0.05) is 19.6 Å². The van der Waals surface area contributed by atoms with Crippen LogP contribution in [0, 0.1) is 0 Å². The molecule has 0 aromatic rings. The number of rotatable bonds is 3. The van der Waals surface area contributed by atoms with E-state index in [2.05, 4.69) is 24.7 Å². The average molecular weight is 190 g/mol. The lowest BCUT2D eigenvalue weighted by Gasteiger charge is -2.26. The Labute approximate surface area is 74.9 Å². The molecule has 0 saturated carbocycles. The van der Waals surface area contributed by atoms with Crippen molar-refractivity contribution < 1.29 is 9.53 Å². The van der Waals surface area contributed by atoms with Crippen molar-refractivity contribution in [2.24, 2.45) is 0 Å². The Morgan fingerprint density at radius 1 is 1.50 bits per heavy atom. The largest absolute Gasteiger partial charge is 0.449 e. The van der Waals surface area contributed by atoms with Crippen LogP contribution in [0.2, 0.25) is 19.6 Å². The van der Waals surface area contributed by atoms with Gasteiger partial charge in [-0.3, -0.25) is 10.1 Å². The Kier molecular flexibility index (Phi) is 4.26. The number of ether oxygens (including phenoxy) is 1. The van der Waals surface area contributed by atoms with Crippen molar-refractivity contribution in [3.8, 4) is 0 Å². The standard InChI is InChI=1S/C7H18N2O2Si/c1-6-11-7(10)9(2)8-12(3,4)5/h8H,6H2,1-5H3. The van der Waals surface area contributed by atoms with Gasteiger partial charge >= 0.3 is 6.09 Å². The van der Waals surface area contributed by atoms with Crippen molar-refractivity contribution in [1.82, 2.24) is 10.1 Å². The van der Waals surface area contributed by atoms with Crippen molar-refractivity contribution in [3.63, 3.8) is 0 Å². The lowest BCUT2D eigenvalue weighted by atomic mass is 10.9. The van der Waals surface area contributed by atoms with Gasteiger partial charge in [-0.2, -0.15) is 0 Å². The highest BCUT2D eigenvalue weighted by molar-refractivity contribution is 6.73. The molecule has 0 aliphatic heterocycles. The molecular formula is C7H18N2O2Si. The Balaban J connectivity index is 3.87. The molecule has 1 amide bonds. The molecule has 0 saturated heterocycles. The summed E-state index contributed by atoms with van der Waals surface area (Å²) in [6.45, 7) is 8.55. The van der Waals surface area contributed by atoms with Crippen LogP contribution in [-0.2, 0) is 4.74 Å². The van der Waals surface area contributed by atoms with E-state index >= 15 is 0 Å². The molecule has 0 rings (SSSR count). The van der Waals surface area contributed by atoms with Gasteiger partial charge in [0.2, 0.25) is 0 Å². The first-order chi connectivity index (χ1) is 5.37. The summed E-state index contributed by atoms with van der Waals surface area (Å²) in [5.41, 5.74) is 0. The van der Waals surface area contributed by atoms with Crippen LogP contribution in [0.4, 0.5) is 4.79 Å². The van der Waals surface area contributed by atoms with Crippen LogP contribution in [0.1, 0.15) is 6.92 Å². The molecule has 0 unspecified atom stereocenters. The molecule has 0 bridgehead atoms. The lowest BCUT2D eigenvalue weighted by Crippen LogP contribution is -2.53. The topological polar surface area (TPSA) is 41.6 Å². The Morgan fingerprint density at radius 2 is 2.00 bits per heavy atom. The molecule has 0 aromatic heterocycles. The summed E-state index contributed by atoms with van der Waals surface area (Å²) in [4.78, 5) is 11.1. The zero-order valence-corrected chi connectivity index (χ0v) is 9.47. The third-order valence-corrected chi connectivity index (χ3v) is 2.05. The first-order valence-electron chi connectivity index (χ1n) is 4.05.